The van der Waals surface area contributed by atoms with Gasteiger partial charge in [0.2, 0.25) is 5.95 Å². The molecule has 0 spiro atoms. The van der Waals surface area contributed by atoms with Crippen LogP contribution in [0.1, 0.15) is 13.3 Å². The predicted molar refractivity (Wildman–Crippen MR) is 73.3 cm³/mol. The van der Waals surface area contributed by atoms with E-state index in [9.17, 15) is 5.11 Å². The Bertz CT molecular complexity index is 568. The Balaban J connectivity index is 1.98. The summed E-state index contributed by atoms with van der Waals surface area (Å²) in [5, 5.41) is 12.4. The molecule has 1 unspecified atom stereocenters. The van der Waals surface area contributed by atoms with Crippen molar-refractivity contribution in [2.24, 2.45) is 5.92 Å². The van der Waals surface area contributed by atoms with Gasteiger partial charge < -0.3 is 20.3 Å². The maximum absolute atomic E-state index is 9.25. The largest absolute Gasteiger partial charge is 0.396 e. The second-order valence-corrected chi connectivity index (χ2v) is 4.79. The molecular formula is C12H18N6O. The first-order valence-electron chi connectivity index (χ1n) is 6.62. The van der Waals surface area contributed by atoms with E-state index in [-0.39, 0.29) is 6.61 Å². The quantitative estimate of drug-likeness (QED) is 0.747. The highest BCUT2D eigenvalue weighted by Crippen LogP contribution is 2.27. The Morgan fingerprint density at radius 1 is 1.53 bits per heavy atom. The molecule has 19 heavy (non-hydrogen) atoms. The molecule has 1 atom stereocenters. The summed E-state index contributed by atoms with van der Waals surface area (Å²) in [6.45, 7) is 4.74. The highest BCUT2D eigenvalue weighted by molar-refractivity contribution is 5.84. The molecule has 2 aromatic heterocycles. The first-order chi connectivity index (χ1) is 9.31. The lowest BCUT2D eigenvalue weighted by molar-refractivity contribution is 0.238. The van der Waals surface area contributed by atoms with Gasteiger partial charge in [0.05, 0.1) is 6.33 Å². The van der Waals surface area contributed by atoms with E-state index in [2.05, 4.69) is 30.2 Å². The number of hydrogen-bond donors (Lipinski definition) is 3. The Labute approximate surface area is 111 Å². The van der Waals surface area contributed by atoms with Crippen molar-refractivity contribution >= 4 is 22.9 Å². The van der Waals surface area contributed by atoms with E-state index in [0.29, 0.717) is 17.5 Å². The number of fused-ring (bicyclic) bond motifs is 1. The Hall–Kier alpha value is -1.89. The van der Waals surface area contributed by atoms with Crippen LogP contribution in [0.5, 0.6) is 0 Å². The third kappa shape index (κ3) is 2.21. The minimum absolute atomic E-state index is 0.230. The van der Waals surface area contributed by atoms with Gasteiger partial charge >= 0.3 is 0 Å². The summed E-state index contributed by atoms with van der Waals surface area (Å²) < 4.78 is 0. The zero-order chi connectivity index (χ0) is 13.2. The van der Waals surface area contributed by atoms with Crippen molar-refractivity contribution in [3.8, 4) is 0 Å². The van der Waals surface area contributed by atoms with Crippen LogP contribution >= 0.6 is 0 Å². The number of rotatable bonds is 4. The van der Waals surface area contributed by atoms with Gasteiger partial charge in [-0.15, -0.1) is 0 Å². The summed E-state index contributed by atoms with van der Waals surface area (Å²) in [6.07, 6.45) is 2.63. The summed E-state index contributed by atoms with van der Waals surface area (Å²) in [4.78, 5) is 18.4. The number of aromatic amines is 1. The van der Waals surface area contributed by atoms with E-state index in [1.54, 1.807) is 6.33 Å². The van der Waals surface area contributed by atoms with Crippen LogP contribution in [0.25, 0.3) is 11.2 Å². The molecule has 102 valence electrons. The SMILES string of the molecule is CCNc1nc(N2CCC(CO)C2)c2[nH]cnc2n1. The topological polar surface area (TPSA) is 90.0 Å². The highest BCUT2D eigenvalue weighted by Gasteiger charge is 2.25. The molecule has 0 amide bonds. The van der Waals surface area contributed by atoms with Gasteiger partial charge in [0.1, 0.15) is 5.52 Å². The van der Waals surface area contributed by atoms with Crippen LogP contribution in [0, 0.1) is 5.92 Å². The van der Waals surface area contributed by atoms with Gasteiger partial charge in [0.15, 0.2) is 11.5 Å². The standard InChI is InChI=1S/C12H18N6O/c1-2-13-12-16-10-9(14-7-15-10)11(17-12)18-4-3-8(5-18)6-19/h7-8,19H,2-6H2,1H3,(H2,13,14,15,16,17). The lowest BCUT2D eigenvalue weighted by Gasteiger charge is -2.18. The second kappa shape index (κ2) is 5.00. The van der Waals surface area contributed by atoms with E-state index >= 15 is 0 Å². The van der Waals surface area contributed by atoms with E-state index in [1.165, 1.54) is 0 Å². The average molecular weight is 262 g/mol. The molecule has 3 N–H and O–H groups in total. The fourth-order valence-electron chi connectivity index (χ4n) is 2.46. The lowest BCUT2D eigenvalue weighted by atomic mass is 10.1. The average Bonchev–Trinajstić information content (AvgIpc) is 3.06. The molecule has 0 aliphatic carbocycles. The number of aliphatic hydroxyl groups excluding tert-OH is 1. The van der Waals surface area contributed by atoms with E-state index < -0.39 is 0 Å². The molecule has 2 aromatic rings. The van der Waals surface area contributed by atoms with Gasteiger partial charge in [-0.25, -0.2) is 4.98 Å². The van der Waals surface area contributed by atoms with Crippen molar-refractivity contribution < 1.29 is 5.11 Å². The molecule has 3 rings (SSSR count). The van der Waals surface area contributed by atoms with Crippen molar-refractivity contribution in [2.75, 3.05) is 36.5 Å². The third-order valence-electron chi connectivity index (χ3n) is 3.45. The Kier molecular flexibility index (Phi) is 3.20. The van der Waals surface area contributed by atoms with Gasteiger partial charge in [-0.05, 0) is 13.3 Å². The zero-order valence-corrected chi connectivity index (χ0v) is 10.9. The molecule has 7 heteroatoms. The Morgan fingerprint density at radius 2 is 2.42 bits per heavy atom. The summed E-state index contributed by atoms with van der Waals surface area (Å²) in [5.41, 5.74) is 1.54. The van der Waals surface area contributed by atoms with E-state index in [0.717, 1.165) is 37.4 Å². The number of hydrogen-bond acceptors (Lipinski definition) is 6. The molecule has 0 bridgehead atoms. The zero-order valence-electron chi connectivity index (χ0n) is 10.9. The molecular weight excluding hydrogens is 244 g/mol. The normalized spacial score (nSPS) is 19.3. The monoisotopic (exact) mass is 262 g/mol. The number of nitrogens with zero attached hydrogens (tertiary/aromatic N) is 4. The van der Waals surface area contributed by atoms with Crippen LogP contribution < -0.4 is 10.2 Å². The smallest absolute Gasteiger partial charge is 0.226 e. The van der Waals surface area contributed by atoms with Gasteiger partial charge in [-0.3, -0.25) is 0 Å². The lowest BCUT2D eigenvalue weighted by Crippen LogP contribution is -2.22. The van der Waals surface area contributed by atoms with Gasteiger partial charge in [0.25, 0.3) is 0 Å². The highest BCUT2D eigenvalue weighted by atomic mass is 16.3. The second-order valence-electron chi connectivity index (χ2n) is 4.79. The predicted octanol–water partition coefficient (Wildman–Crippen LogP) is 0.603. The molecule has 3 heterocycles. The number of aliphatic hydroxyl groups is 1. The molecule has 1 saturated heterocycles. The van der Waals surface area contributed by atoms with E-state index in [4.69, 9.17) is 0 Å². The third-order valence-corrected chi connectivity index (χ3v) is 3.45. The van der Waals surface area contributed by atoms with Crippen molar-refractivity contribution in [3.63, 3.8) is 0 Å². The summed E-state index contributed by atoms with van der Waals surface area (Å²) in [5.74, 6) is 1.80. The van der Waals surface area contributed by atoms with Gasteiger partial charge in [-0.1, -0.05) is 0 Å². The first kappa shape index (κ1) is 12.2. The van der Waals surface area contributed by atoms with Crippen LogP contribution in [0.15, 0.2) is 6.33 Å². The van der Waals surface area contributed by atoms with Crippen LogP contribution in [0.3, 0.4) is 0 Å². The number of H-pyrrole nitrogens is 1. The van der Waals surface area contributed by atoms with E-state index in [1.807, 2.05) is 6.92 Å². The fourth-order valence-corrected chi connectivity index (χ4v) is 2.46. The summed E-state index contributed by atoms with van der Waals surface area (Å²) in [7, 11) is 0. The molecule has 7 nitrogen and oxygen atoms in total. The summed E-state index contributed by atoms with van der Waals surface area (Å²) >= 11 is 0. The molecule has 1 aliphatic heterocycles. The van der Waals surface area contributed by atoms with Crippen LogP contribution in [-0.2, 0) is 0 Å². The number of anilines is 2. The van der Waals surface area contributed by atoms with Gasteiger partial charge in [0, 0.05) is 32.2 Å². The van der Waals surface area contributed by atoms with Crippen molar-refractivity contribution in [2.45, 2.75) is 13.3 Å². The Morgan fingerprint density at radius 3 is 3.16 bits per heavy atom. The van der Waals surface area contributed by atoms with Crippen molar-refractivity contribution in [1.82, 2.24) is 19.9 Å². The number of nitrogens with one attached hydrogen (secondary N) is 2. The minimum atomic E-state index is 0.230. The minimum Gasteiger partial charge on any atom is -0.396 e. The molecule has 1 fully saturated rings. The maximum atomic E-state index is 9.25. The van der Waals surface area contributed by atoms with Crippen LogP contribution in [0.2, 0.25) is 0 Å². The van der Waals surface area contributed by atoms with Gasteiger partial charge in [-0.2, -0.15) is 9.97 Å². The molecule has 1 aliphatic rings. The number of aromatic nitrogens is 4. The number of imidazole rings is 1. The van der Waals surface area contributed by atoms with Crippen LogP contribution in [-0.4, -0.2) is 51.3 Å². The molecule has 0 saturated carbocycles. The first-order valence-corrected chi connectivity index (χ1v) is 6.62. The molecule has 0 radical (unpaired) electrons. The summed E-state index contributed by atoms with van der Waals surface area (Å²) in [6, 6.07) is 0. The van der Waals surface area contributed by atoms with Crippen LogP contribution in [0.4, 0.5) is 11.8 Å². The molecule has 0 aromatic carbocycles. The fraction of sp³-hybridized carbons (Fsp3) is 0.583. The van der Waals surface area contributed by atoms with Crippen molar-refractivity contribution in [3.05, 3.63) is 6.33 Å². The maximum Gasteiger partial charge on any atom is 0.226 e. The van der Waals surface area contributed by atoms with Crippen molar-refractivity contribution in [1.29, 1.82) is 0 Å².